The zero-order valence-corrected chi connectivity index (χ0v) is 8.55. The van der Waals surface area contributed by atoms with Gasteiger partial charge in [0.25, 0.3) is 0 Å². The lowest BCUT2D eigenvalue weighted by Crippen LogP contribution is -2.15. The minimum absolute atomic E-state index is 0.527. The molecule has 1 atom stereocenters. The second-order valence-corrected chi connectivity index (χ2v) is 3.40. The van der Waals surface area contributed by atoms with Gasteiger partial charge in [0.1, 0.15) is 17.6 Å². The maximum atomic E-state index is 13.3. The molecule has 0 radical (unpaired) electrons. The predicted molar refractivity (Wildman–Crippen MR) is 49.2 cm³/mol. The van der Waals surface area contributed by atoms with Gasteiger partial charge in [-0.15, -0.1) is 0 Å². The molecule has 1 unspecified atom stereocenters. The molecule has 90 valence electrons. The number of alkyl halides is 3. The average Bonchev–Trinajstić information content (AvgIpc) is 2.14. The van der Waals surface area contributed by atoms with Gasteiger partial charge in [-0.1, -0.05) is 6.92 Å². The molecule has 0 amide bonds. The van der Waals surface area contributed by atoms with E-state index in [-0.39, 0.29) is 0 Å². The lowest BCUT2D eigenvalue weighted by molar-refractivity contribution is -0.154. The summed E-state index contributed by atoms with van der Waals surface area (Å²) in [5.74, 6) is -0.906. The second-order valence-electron chi connectivity index (χ2n) is 3.40. The SMILES string of the molecule is CCc1cnc(C(O)CC(F)(F)F)c(F)c1. The molecular formula is C10H11F4NO. The Labute approximate surface area is 89.9 Å². The second kappa shape index (κ2) is 4.78. The summed E-state index contributed by atoms with van der Waals surface area (Å²) in [6, 6.07) is 1.09. The van der Waals surface area contributed by atoms with E-state index in [1.54, 1.807) is 6.92 Å². The average molecular weight is 237 g/mol. The summed E-state index contributed by atoms with van der Waals surface area (Å²) in [6.45, 7) is 1.77. The summed E-state index contributed by atoms with van der Waals surface area (Å²) < 4.78 is 49.1. The van der Waals surface area contributed by atoms with Gasteiger partial charge in [-0.2, -0.15) is 13.2 Å². The summed E-state index contributed by atoms with van der Waals surface area (Å²) in [6.07, 6.45) is -6.21. The lowest BCUT2D eigenvalue weighted by atomic mass is 10.1. The number of aliphatic hydroxyl groups is 1. The van der Waals surface area contributed by atoms with Crippen LogP contribution in [0.4, 0.5) is 17.6 Å². The summed E-state index contributed by atoms with van der Waals surface area (Å²) in [4.78, 5) is 3.51. The van der Waals surface area contributed by atoms with Gasteiger partial charge in [0, 0.05) is 6.20 Å². The van der Waals surface area contributed by atoms with Crippen LogP contribution in [0.15, 0.2) is 12.3 Å². The van der Waals surface area contributed by atoms with Gasteiger partial charge in [-0.05, 0) is 18.1 Å². The molecule has 1 aromatic heterocycles. The molecule has 6 heteroatoms. The van der Waals surface area contributed by atoms with E-state index in [2.05, 4.69) is 4.98 Å². The zero-order valence-electron chi connectivity index (χ0n) is 8.55. The van der Waals surface area contributed by atoms with Crippen molar-refractivity contribution in [2.24, 2.45) is 0 Å². The molecule has 1 rings (SSSR count). The van der Waals surface area contributed by atoms with E-state index in [1.165, 1.54) is 6.20 Å². The van der Waals surface area contributed by atoms with E-state index in [4.69, 9.17) is 0 Å². The molecule has 0 bridgehead atoms. The topological polar surface area (TPSA) is 33.1 Å². The van der Waals surface area contributed by atoms with E-state index in [9.17, 15) is 22.7 Å². The number of hydrogen-bond acceptors (Lipinski definition) is 2. The normalized spacial score (nSPS) is 13.9. The van der Waals surface area contributed by atoms with E-state index in [0.717, 1.165) is 6.07 Å². The summed E-state index contributed by atoms with van der Waals surface area (Å²) in [5.41, 5.74) is 0.00924. The van der Waals surface area contributed by atoms with E-state index < -0.39 is 30.2 Å². The molecule has 1 aromatic rings. The smallest absolute Gasteiger partial charge is 0.386 e. The van der Waals surface area contributed by atoms with Crippen molar-refractivity contribution in [3.63, 3.8) is 0 Å². The number of aryl methyl sites for hydroxylation is 1. The molecule has 0 aliphatic carbocycles. The van der Waals surface area contributed by atoms with Gasteiger partial charge >= 0.3 is 6.18 Å². The van der Waals surface area contributed by atoms with Crippen molar-refractivity contribution in [3.05, 3.63) is 29.3 Å². The molecule has 0 saturated heterocycles. The van der Waals surface area contributed by atoms with Crippen LogP contribution in [0.3, 0.4) is 0 Å². The molecule has 0 saturated carbocycles. The Morgan fingerprint density at radius 3 is 2.50 bits per heavy atom. The summed E-state index contributed by atoms with van der Waals surface area (Å²) in [5, 5.41) is 9.18. The van der Waals surface area contributed by atoms with Crippen LogP contribution in [0.5, 0.6) is 0 Å². The highest BCUT2D eigenvalue weighted by atomic mass is 19.4. The molecule has 16 heavy (non-hydrogen) atoms. The first-order chi connectivity index (χ1) is 7.33. The van der Waals surface area contributed by atoms with Gasteiger partial charge < -0.3 is 5.11 Å². The van der Waals surface area contributed by atoms with Crippen molar-refractivity contribution >= 4 is 0 Å². The Bertz CT molecular complexity index is 364. The first kappa shape index (κ1) is 12.9. The Balaban J connectivity index is 2.88. The van der Waals surface area contributed by atoms with Crippen LogP contribution in [0.25, 0.3) is 0 Å². The van der Waals surface area contributed by atoms with Crippen LogP contribution in [-0.2, 0) is 6.42 Å². The molecule has 0 spiro atoms. The third kappa shape index (κ3) is 3.44. The van der Waals surface area contributed by atoms with Crippen molar-refractivity contribution in [2.75, 3.05) is 0 Å². The Kier molecular flexibility index (Phi) is 3.85. The highest BCUT2D eigenvalue weighted by Gasteiger charge is 2.33. The van der Waals surface area contributed by atoms with Gasteiger partial charge in [0.05, 0.1) is 6.42 Å². The van der Waals surface area contributed by atoms with Crippen molar-refractivity contribution in [1.29, 1.82) is 0 Å². The number of rotatable bonds is 3. The fourth-order valence-electron chi connectivity index (χ4n) is 1.24. The predicted octanol–water partition coefficient (Wildman–Crippen LogP) is 2.77. The molecule has 0 aliphatic heterocycles. The highest BCUT2D eigenvalue weighted by molar-refractivity contribution is 5.17. The van der Waals surface area contributed by atoms with Crippen molar-refractivity contribution in [1.82, 2.24) is 4.98 Å². The molecule has 0 aromatic carbocycles. The van der Waals surface area contributed by atoms with Crippen LogP contribution < -0.4 is 0 Å². The van der Waals surface area contributed by atoms with Gasteiger partial charge in [0.2, 0.25) is 0 Å². The Morgan fingerprint density at radius 1 is 1.44 bits per heavy atom. The first-order valence-corrected chi connectivity index (χ1v) is 4.72. The minimum Gasteiger partial charge on any atom is -0.386 e. The maximum absolute atomic E-state index is 13.3. The zero-order chi connectivity index (χ0) is 12.3. The van der Waals surface area contributed by atoms with Crippen molar-refractivity contribution < 1.29 is 22.7 Å². The fourth-order valence-corrected chi connectivity index (χ4v) is 1.24. The monoisotopic (exact) mass is 237 g/mol. The molecule has 0 aliphatic rings. The van der Waals surface area contributed by atoms with Crippen LogP contribution in [0.2, 0.25) is 0 Å². The lowest BCUT2D eigenvalue weighted by Gasteiger charge is -2.13. The van der Waals surface area contributed by atoms with Gasteiger partial charge in [-0.25, -0.2) is 4.39 Å². The summed E-state index contributed by atoms with van der Waals surface area (Å²) in [7, 11) is 0. The summed E-state index contributed by atoms with van der Waals surface area (Å²) >= 11 is 0. The number of nitrogens with zero attached hydrogens (tertiary/aromatic N) is 1. The number of aromatic nitrogens is 1. The van der Waals surface area contributed by atoms with Gasteiger partial charge in [-0.3, -0.25) is 4.98 Å². The standard InChI is InChI=1S/C10H11F4NO/c1-2-6-3-7(11)9(15-5-6)8(16)4-10(12,13)14/h3,5,8,16H,2,4H2,1H3. The third-order valence-corrected chi connectivity index (χ3v) is 2.07. The fraction of sp³-hybridized carbons (Fsp3) is 0.500. The van der Waals surface area contributed by atoms with Gasteiger partial charge in [0.15, 0.2) is 0 Å². The van der Waals surface area contributed by atoms with Crippen LogP contribution in [-0.4, -0.2) is 16.3 Å². The molecule has 1 N–H and O–H groups in total. The Hall–Kier alpha value is -1.17. The number of aliphatic hydroxyl groups excluding tert-OH is 1. The van der Waals surface area contributed by atoms with Crippen LogP contribution in [0, 0.1) is 5.82 Å². The van der Waals surface area contributed by atoms with Crippen molar-refractivity contribution in [2.45, 2.75) is 32.0 Å². The largest absolute Gasteiger partial charge is 0.391 e. The van der Waals surface area contributed by atoms with Crippen LogP contribution >= 0.6 is 0 Å². The minimum atomic E-state index is -4.54. The number of pyridine rings is 1. The third-order valence-electron chi connectivity index (χ3n) is 2.07. The van der Waals surface area contributed by atoms with E-state index in [0.29, 0.717) is 12.0 Å². The number of hydrogen-bond donors (Lipinski definition) is 1. The molecule has 1 heterocycles. The number of halogens is 4. The maximum Gasteiger partial charge on any atom is 0.391 e. The Morgan fingerprint density at radius 2 is 2.06 bits per heavy atom. The molecular weight excluding hydrogens is 226 g/mol. The van der Waals surface area contributed by atoms with Crippen molar-refractivity contribution in [3.8, 4) is 0 Å². The molecule has 2 nitrogen and oxygen atoms in total. The quantitative estimate of drug-likeness (QED) is 0.820. The van der Waals surface area contributed by atoms with E-state index in [1.807, 2.05) is 0 Å². The first-order valence-electron chi connectivity index (χ1n) is 4.72. The molecule has 0 fully saturated rings. The van der Waals surface area contributed by atoms with E-state index >= 15 is 0 Å². The van der Waals surface area contributed by atoms with Crippen LogP contribution in [0.1, 0.15) is 30.7 Å². The highest BCUT2D eigenvalue weighted by Crippen LogP contribution is 2.29.